The number of anilines is 1. The van der Waals surface area contributed by atoms with Crippen molar-refractivity contribution in [2.24, 2.45) is 0 Å². The molecule has 2 aromatic heterocycles. The third-order valence-electron chi connectivity index (χ3n) is 5.99. The van der Waals surface area contributed by atoms with Crippen LogP contribution in [0.25, 0.3) is 28.0 Å². The standard InChI is InChI=1S/C28H21F3N4O2/c1-16-14-18(29)10-11-19(16)25-20-12-13-24(37)35(26-21(30)8-5-9-22(26)31)27(20)34-28(33-25)32-15-23(36)17-6-3-2-4-7-17/h2-14,23,36H,15H2,1H3,(H,32,33,34)/t23-/m0/s1. The average molecular weight is 502 g/mol. The second-order valence-electron chi connectivity index (χ2n) is 8.48. The largest absolute Gasteiger partial charge is 0.387 e. The molecule has 2 N–H and O–H groups in total. The van der Waals surface area contributed by atoms with E-state index in [2.05, 4.69) is 15.3 Å². The van der Waals surface area contributed by atoms with Crippen molar-refractivity contribution in [1.82, 2.24) is 14.5 Å². The van der Waals surface area contributed by atoms with Crippen molar-refractivity contribution >= 4 is 17.0 Å². The Kier molecular flexibility index (Phi) is 6.45. The summed E-state index contributed by atoms with van der Waals surface area (Å²) in [5.74, 6) is -2.31. The van der Waals surface area contributed by atoms with Gasteiger partial charge in [0.2, 0.25) is 5.95 Å². The van der Waals surface area contributed by atoms with Crippen LogP contribution < -0.4 is 10.9 Å². The van der Waals surface area contributed by atoms with Crippen LogP contribution in [0.15, 0.2) is 83.7 Å². The van der Waals surface area contributed by atoms with E-state index in [0.29, 0.717) is 27.8 Å². The highest BCUT2D eigenvalue weighted by Gasteiger charge is 2.20. The minimum Gasteiger partial charge on any atom is -0.387 e. The molecule has 0 unspecified atom stereocenters. The molecule has 0 fully saturated rings. The monoisotopic (exact) mass is 502 g/mol. The molecule has 0 spiro atoms. The lowest BCUT2D eigenvalue weighted by Gasteiger charge is -2.17. The van der Waals surface area contributed by atoms with Crippen molar-refractivity contribution in [2.45, 2.75) is 13.0 Å². The molecule has 0 bridgehead atoms. The second kappa shape index (κ2) is 9.87. The van der Waals surface area contributed by atoms with Gasteiger partial charge >= 0.3 is 0 Å². The minimum atomic E-state index is -0.943. The first-order valence-corrected chi connectivity index (χ1v) is 11.4. The molecular formula is C28H21F3N4O2. The molecule has 37 heavy (non-hydrogen) atoms. The zero-order chi connectivity index (χ0) is 26.1. The van der Waals surface area contributed by atoms with Gasteiger partial charge in [-0.25, -0.2) is 18.2 Å². The third-order valence-corrected chi connectivity index (χ3v) is 5.99. The Morgan fingerprint density at radius 2 is 1.65 bits per heavy atom. The van der Waals surface area contributed by atoms with Crippen molar-refractivity contribution in [2.75, 3.05) is 11.9 Å². The first-order valence-electron chi connectivity index (χ1n) is 11.4. The summed E-state index contributed by atoms with van der Waals surface area (Å²) in [5.41, 5.74) is 0.758. The summed E-state index contributed by atoms with van der Waals surface area (Å²) in [7, 11) is 0. The van der Waals surface area contributed by atoms with Gasteiger partial charge in [-0.05, 0) is 54.4 Å². The highest BCUT2D eigenvalue weighted by Crippen LogP contribution is 2.31. The lowest BCUT2D eigenvalue weighted by molar-refractivity contribution is 0.191. The molecule has 0 aliphatic rings. The highest BCUT2D eigenvalue weighted by molar-refractivity contribution is 5.93. The highest BCUT2D eigenvalue weighted by atomic mass is 19.1. The maximum absolute atomic E-state index is 14.8. The van der Waals surface area contributed by atoms with Crippen LogP contribution in [0.2, 0.25) is 0 Å². The van der Waals surface area contributed by atoms with E-state index in [0.717, 1.165) is 16.7 Å². The predicted octanol–water partition coefficient (Wildman–Crippen LogP) is 5.32. The van der Waals surface area contributed by atoms with Crippen LogP contribution in [-0.2, 0) is 0 Å². The summed E-state index contributed by atoms with van der Waals surface area (Å²) in [6.45, 7) is 1.72. The first-order chi connectivity index (χ1) is 17.8. The molecule has 0 saturated carbocycles. The van der Waals surface area contributed by atoms with Gasteiger partial charge in [-0.3, -0.25) is 9.36 Å². The van der Waals surface area contributed by atoms with Crippen molar-refractivity contribution < 1.29 is 18.3 Å². The summed E-state index contributed by atoms with van der Waals surface area (Å²) >= 11 is 0. The summed E-state index contributed by atoms with van der Waals surface area (Å²) < 4.78 is 44.3. The van der Waals surface area contributed by atoms with Crippen LogP contribution in [0.5, 0.6) is 0 Å². The number of aliphatic hydroxyl groups excluding tert-OH is 1. The minimum absolute atomic E-state index is 0.0114. The number of pyridine rings is 1. The Morgan fingerprint density at radius 3 is 2.35 bits per heavy atom. The predicted molar refractivity (Wildman–Crippen MR) is 135 cm³/mol. The zero-order valence-electron chi connectivity index (χ0n) is 19.6. The Morgan fingerprint density at radius 1 is 0.919 bits per heavy atom. The summed E-state index contributed by atoms with van der Waals surface area (Å²) in [4.78, 5) is 21.9. The number of hydrogen-bond donors (Lipinski definition) is 2. The van der Waals surface area contributed by atoms with Gasteiger partial charge in [0.1, 0.15) is 23.1 Å². The number of halogens is 3. The maximum Gasteiger partial charge on any atom is 0.256 e. The van der Waals surface area contributed by atoms with E-state index >= 15 is 0 Å². The first kappa shape index (κ1) is 24.2. The van der Waals surface area contributed by atoms with Crippen LogP contribution >= 0.6 is 0 Å². The van der Waals surface area contributed by atoms with Gasteiger partial charge in [0.05, 0.1) is 11.8 Å². The number of nitrogens with one attached hydrogen (secondary N) is 1. The lowest BCUT2D eigenvalue weighted by Crippen LogP contribution is -2.22. The van der Waals surface area contributed by atoms with E-state index in [4.69, 9.17) is 0 Å². The number of hydrogen-bond acceptors (Lipinski definition) is 5. The van der Waals surface area contributed by atoms with E-state index in [1.807, 2.05) is 6.07 Å². The van der Waals surface area contributed by atoms with Crippen LogP contribution in [-0.4, -0.2) is 26.2 Å². The number of para-hydroxylation sites is 1. The molecule has 5 aromatic rings. The fourth-order valence-corrected chi connectivity index (χ4v) is 4.19. The van der Waals surface area contributed by atoms with Gasteiger partial charge in [0.15, 0.2) is 5.65 Å². The molecule has 186 valence electrons. The molecule has 0 radical (unpaired) electrons. The van der Waals surface area contributed by atoms with E-state index < -0.39 is 34.8 Å². The van der Waals surface area contributed by atoms with Gasteiger partial charge in [-0.15, -0.1) is 0 Å². The number of rotatable bonds is 6. The van der Waals surface area contributed by atoms with E-state index in [1.165, 1.54) is 36.4 Å². The van der Waals surface area contributed by atoms with E-state index in [1.54, 1.807) is 31.2 Å². The third kappa shape index (κ3) is 4.68. The normalized spacial score (nSPS) is 12.0. The maximum atomic E-state index is 14.8. The van der Waals surface area contributed by atoms with Gasteiger partial charge in [0, 0.05) is 23.6 Å². The van der Waals surface area contributed by atoms with Crippen LogP contribution in [0.4, 0.5) is 19.1 Å². The molecule has 0 aliphatic heterocycles. The Bertz CT molecular complexity index is 1650. The van der Waals surface area contributed by atoms with Crippen molar-refractivity contribution in [3.05, 3.63) is 118 Å². The van der Waals surface area contributed by atoms with Gasteiger partial charge < -0.3 is 10.4 Å². The van der Waals surface area contributed by atoms with E-state index in [9.17, 15) is 23.1 Å². The number of aromatic nitrogens is 3. The van der Waals surface area contributed by atoms with Crippen molar-refractivity contribution in [3.63, 3.8) is 0 Å². The number of aryl methyl sites for hydroxylation is 1. The Balaban J connectivity index is 1.73. The molecular weight excluding hydrogens is 481 g/mol. The molecule has 9 heteroatoms. The van der Waals surface area contributed by atoms with Crippen LogP contribution in [0, 0.1) is 24.4 Å². The van der Waals surface area contributed by atoms with Crippen LogP contribution in [0.3, 0.4) is 0 Å². The molecule has 0 saturated heterocycles. The molecule has 2 heterocycles. The Labute approximate surface area is 209 Å². The number of fused-ring (bicyclic) bond motifs is 1. The molecule has 5 rings (SSSR count). The molecule has 0 aliphatic carbocycles. The van der Waals surface area contributed by atoms with Crippen LogP contribution in [0.1, 0.15) is 17.2 Å². The lowest BCUT2D eigenvalue weighted by atomic mass is 10.0. The van der Waals surface area contributed by atoms with Crippen molar-refractivity contribution in [3.8, 4) is 16.9 Å². The molecule has 0 amide bonds. The Hall–Kier alpha value is -4.50. The summed E-state index contributed by atoms with van der Waals surface area (Å²) in [6.07, 6.45) is -0.904. The molecule has 1 atom stereocenters. The molecule has 6 nitrogen and oxygen atoms in total. The SMILES string of the molecule is Cc1cc(F)ccc1-c1nc(NC[C@H](O)c2ccccc2)nc2c1ccc(=O)n2-c1c(F)cccc1F. The van der Waals surface area contributed by atoms with E-state index in [-0.39, 0.29) is 18.1 Å². The zero-order valence-corrected chi connectivity index (χ0v) is 19.6. The van der Waals surface area contributed by atoms with Gasteiger partial charge in [-0.1, -0.05) is 36.4 Å². The topological polar surface area (TPSA) is 80.0 Å². The number of benzene rings is 3. The average Bonchev–Trinajstić information content (AvgIpc) is 2.88. The van der Waals surface area contributed by atoms with Crippen molar-refractivity contribution in [1.29, 1.82) is 0 Å². The fourth-order valence-electron chi connectivity index (χ4n) is 4.19. The quantitative estimate of drug-likeness (QED) is 0.329. The summed E-state index contributed by atoms with van der Waals surface area (Å²) in [5, 5.41) is 13.9. The second-order valence-corrected chi connectivity index (χ2v) is 8.48. The fraction of sp³-hybridized carbons (Fsp3) is 0.107. The smallest absolute Gasteiger partial charge is 0.256 e. The number of aliphatic hydroxyl groups is 1. The molecule has 3 aromatic carbocycles. The van der Waals surface area contributed by atoms with Gasteiger partial charge in [0.25, 0.3) is 5.56 Å². The summed E-state index contributed by atoms with van der Waals surface area (Å²) in [6, 6.07) is 19.0. The van der Waals surface area contributed by atoms with Gasteiger partial charge in [-0.2, -0.15) is 4.98 Å². The number of nitrogens with zero attached hydrogens (tertiary/aromatic N) is 3.